The van der Waals surface area contributed by atoms with Crippen molar-refractivity contribution in [3.63, 3.8) is 0 Å². The summed E-state index contributed by atoms with van der Waals surface area (Å²) >= 11 is 0. The molecule has 0 amide bonds. The summed E-state index contributed by atoms with van der Waals surface area (Å²) in [6, 6.07) is 2.02. The van der Waals surface area contributed by atoms with E-state index in [2.05, 4.69) is 19.2 Å². The van der Waals surface area contributed by atoms with Crippen LogP contribution in [0.15, 0.2) is 16.7 Å². The minimum Gasteiger partial charge on any atom is -0.468 e. The average Bonchev–Trinajstić information content (AvgIpc) is 2.92. The second kappa shape index (κ2) is 8.57. The van der Waals surface area contributed by atoms with E-state index in [1.54, 1.807) is 13.4 Å². The van der Waals surface area contributed by atoms with Crippen molar-refractivity contribution in [3.05, 3.63) is 23.7 Å². The summed E-state index contributed by atoms with van der Waals surface area (Å²) in [5.41, 5.74) is 1.16. The second-order valence-electron chi connectivity index (χ2n) is 6.35. The number of rotatable bonds is 8. The molecule has 4 heteroatoms. The zero-order valence-corrected chi connectivity index (χ0v) is 13.6. The Morgan fingerprint density at radius 2 is 2.14 bits per heavy atom. The molecular weight excluding hydrogens is 266 g/mol. The molecule has 0 aliphatic heterocycles. The molecule has 1 aromatic rings. The van der Waals surface area contributed by atoms with E-state index in [0.717, 1.165) is 43.7 Å². The Balaban J connectivity index is 1.76. The van der Waals surface area contributed by atoms with Gasteiger partial charge in [0.25, 0.3) is 0 Å². The van der Waals surface area contributed by atoms with E-state index in [1.165, 1.54) is 6.42 Å². The predicted molar refractivity (Wildman–Crippen MR) is 83.1 cm³/mol. The topological polar surface area (TPSA) is 43.6 Å². The molecule has 1 aliphatic rings. The van der Waals surface area contributed by atoms with E-state index in [9.17, 15) is 0 Å². The maximum absolute atomic E-state index is 6.06. The lowest BCUT2D eigenvalue weighted by Gasteiger charge is -2.28. The predicted octanol–water partition coefficient (Wildman–Crippen LogP) is 3.50. The van der Waals surface area contributed by atoms with Gasteiger partial charge in [0.05, 0.1) is 31.6 Å². The van der Waals surface area contributed by atoms with Crippen LogP contribution in [-0.2, 0) is 22.6 Å². The Bertz CT molecular complexity index is 402. The van der Waals surface area contributed by atoms with E-state index in [-0.39, 0.29) is 0 Å². The van der Waals surface area contributed by atoms with Crippen LogP contribution in [0.5, 0.6) is 0 Å². The zero-order valence-electron chi connectivity index (χ0n) is 13.6. The van der Waals surface area contributed by atoms with E-state index in [1.807, 2.05) is 6.07 Å². The molecule has 1 N–H and O–H groups in total. The van der Waals surface area contributed by atoms with E-state index in [4.69, 9.17) is 13.9 Å². The molecule has 0 aromatic carbocycles. The van der Waals surface area contributed by atoms with Gasteiger partial charge in [-0.05, 0) is 44.2 Å². The lowest BCUT2D eigenvalue weighted by atomic mass is 9.95. The smallest absolute Gasteiger partial charge is 0.123 e. The standard InChI is InChI=1S/C17H29NO3/c1-13(2)10-18-11-17-14(7-8-20-17)12-21-16-6-4-5-15(9-16)19-3/h7-8,13,15-16,18H,4-6,9-12H2,1-3H3. The molecule has 1 heterocycles. The number of furan rings is 1. The molecule has 1 saturated carbocycles. The fourth-order valence-electron chi connectivity index (χ4n) is 2.80. The minimum absolute atomic E-state index is 0.315. The second-order valence-corrected chi connectivity index (χ2v) is 6.35. The van der Waals surface area contributed by atoms with Gasteiger partial charge in [-0.15, -0.1) is 0 Å². The maximum atomic E-state index is 6.06. The highest BCUT2D eigenvalue weighted by atomic mass is 16.5. The summed E-state index contributed by atoms with van der Waals surface area (Å²) in [5.74, 6) is 1.64. The molecular formula is C17H29NO3. The van der Waals surface area contributed by atoms with E-state index < -0.39 is 0 Å². The van der Waals surface area contributed by atoms with Gasteiger partial charge in [-0.3, -0.25) is 0 Å². The number of nitrogens with one attached hydrogen (secondary N) is 1. The maximum Gasteiger partial charge on any atom is 0.123 e. The van der Waals surface area contributed by atoms with Crippen LogP contribution in [0.1, 0.15) is 50.9 Å². The van der Waals surface area contributed by atoms with Crippen molar-refractivity contribution < 1.29 is 13.9 Å². The van der Waals surface area contributed by atoms with Crippen molar-refractivity contribution in [1.29, 1.82) is 0 Å². The largest absolute Gasteiger partial charge is 0.468 e. The van der Waals surface area contributed by atoms with Gasteiger partial charge in [0.2, 0.25) is 0 Å². The Labute approximate surface area is 128 Å². The van der Waals surface area contributed by atoms with Crippen LogP contribution in [0, 0.1) is 5.92 Å². The Morgan fingerprint density at radius 1 is 1.33 bits per heavy atom. The molecule has 1 aliphatic carbocycles. The van der Waals surface area contributed by atoms with Crippen molar-refractivity contribution in [2.45, 2.75) is 64.9 Å². The van der Waals surface area contributed by atoms with Gasteiger partial charge in [0, 0.05) is 12.7 Å². The number of methoxy groups -OCH3 is 1. The van der Waals surface area contributed by atoms with Crippen LogP contribution in [0.4, 0.5) is 0 Å². The van der Waals surface area contributed by atoms with Gasteiger partial charge in [-0.2, -0.15) is 0 Å². The normalized spacial score (nSPS) is 22.9. The van der Waals surface area contributed by atoms with Gasteiger partial charge in [-0.1, -0.05) is 13.8 Å². The first-order chi connectivity index (χ1) is 10.2. The van der Waals surface area contributed by atoms with Crippen LogP contribution in [0.3, 0.4) is 0 Å². The fraction of sp³-hybridized carbons (Fsp3) is 0.765. The minimum atomic E-state index is 0.315. The summed E-state index contributed by atoms with van der Waals surface area (Å²) in [5, 5.41) is 3.41. The van der Waals surface area contributed by atoms with E-state index in [0.29, 0.717) is 24.7 Å². The Hall–Kier alpha value is -0.840. The summed E-state index contributed by atoms with van der Waals surface area (Å²) in [7, 11) is 1.79. The van der Waals surface area contributed by atoms with Crippen molar-refractivity contribution >= 4 is 0 Å². The quantitative estimate of drug-likeness (QED) is 0.797. The fourth-order valence-corrected chi connectivity index (χ4v) is 2.80. The molecule has 0 saturated heterocycles. The number of hydrogen-bond acceptors (Lipinski definition) is 4. The highest BCUT2D eigenvalue weighted by Gasteiger charge is 2.22. The van der Waals surface area contributed by atoms with Crippen LogP contribution >= 0.6 is 0 Å². The summed E-state index contributed by atoms with van der Waals surface area (Å²) in [6.45, 7) is 6.81. The molecule has 120 valence electrons. The monoisotopic (exact) mass is 295 g/mol. The van der Waals surface area contributed by atoms with Gasteiger partial charge in [0.1, 0.15) is 5.76 Å². The van der Waals surface area contributed by atoms with Crippen molar-refractivity contribution in [2.75, 3.05) is 13.7 Å². The first-order valence-electron chi connectivity index (χ1n) is 8.09. The highest BCUT2D eigenvalue weighted by Crippen LogP contribution is 2.24. The Kier molecular flexibility index (Phi) is 6.74. The van der Waals surface area contributed by atoms with Crippen molar-refractivity contribution in [1.82, 2.24) is 5.32 Å². The van der Waals surface area contributed by atoms with Gasteiger partial charge < -0.3 is 19.2 Å². The molecule has 2 atom stereocenters. The van der Waals surface area contributed by atoms with Gasteiger partial charge in [-0.25, -0.2) is 0 Å². The molecule has 21 heavy (non-hydrogen) atoms. The summed E-state index contributed by atoms with van der Waals surface area (Å²) in [6.07, 6.45) is 6.93. The van der Waals surface area contributed by atoms with Crippen LogP contribution in [0.25, 0.3) is 0 Å². The zero-order chi connectivity index (χ0) is 15.1. The molecule has 4 nitrogen and oxygen atoms in total. The van der Waals surface area contributed by atoms with E-state index >= 15 is 0 Å². The highest BCUT2D eigenvalue weighted by molar-refractivity contribution is 5.15. The van der Waals surface area contributed by atoms with Crippen LogP contribution < -0.4 is 5.32 Å². The van der Waals surface area contributed by atoms with Crippen molar-refractivity contribution in [3.8, 4) is 0 Å². The van der Waals surface area contributed by atoms with Crippen LogP contribution in [-0.4, -0.2) is 25.9 Å². The number of ether oxygens (including phenoxy) is 2. The van der Waals surface area contributed by atoms with Crippen LogP contribution in [0.2, 0.25) is 0 Å². The average molecular weight is 295 g/mol. The molecule has 0 bridgehead atoms. The lowest BCUT2D eigenvalue weighted by molar-refractivity contribution is -0.0366. The van der Waals surface area contributed by atoms with Crippen molar-refractivity contribution in [2.24, 2.45) is 5.92 Å². The third-order valence-electron chi connectivity index (χ3n) is 4.06. The summed E-state index contributed by atoms with van der Waals surface area (Å²) in [4.78, 5) is 0. The third-order valence-corrected chi connectivity index (χ3v) is 4.06. The Morgan fingerprint density at radius 3 is 2.90 bits per heavy atom. The first-order valence-corrected chi connectivity index (χ1v) is 8.09. The molecule has 1 aromatic heterocycles. The molecule has 2 unspecified atom stereocenters. The van der Waals surface area contributed by atoms with Gasteiger partial charge in [0.15, 0.2) is 0 Å². The summed E-state index contributed by atoms with van der Waals surface area (Å²) < 4.78 is 17.1. The number of hydrogen-bond donors (Lipinski definition) is 1. The van der Waals surface area contributed by atoms with Gasteiger partial charge >= 0.3 is 0 Å². The molecule has 0 radical (unpaired) electrons. The third kappa shape index (κ3) is 5.46. The molecule has 2 rings (SSSR count). The molecule has 1 fully saturated rings. The molecule has 0 spiro atoms. The SMILES string of the molecule is COC1CCCC(OCc2ccoc2CNCC(C)C)C1. The first kappa shape index (κ1) is 16.5. The lowest BCUT2D eigenvalue weighted by Crippen LogP contribution is -2.27.